The normalized spacial score (nSPS) is 14.9. The van der Waals surface area contributed by atoms with Crippen LogP contribution in [0.3, 0.4) is 0 Å². The second-order valence-corrected chi connectivity index (χ2v) is 9.90. The molecule has 0 spiro atoms. The van der Waals surface area contributed by atoms with Crippen molar-refractivity contribution in [2.45, 2.75) is 25.4 Å². The van der Waals surface area contributed by atoms with Crippen LogP contribution in [0, 0.1) is 0 Å². The first-order valence-corrected chi connectivity index (χ1v) is 12.5. The molecule has 1 saturated heterocycles. The minimum atomic E-state index is -4.70. The van der Waals surface area contributed by atoms with Crippen molar-refractivity contribution < 1.29 is 27.5 Å². The number of nitrogens with one attached hydrogen (secondary N) is 1. The summed E-state index contributed by atoms with van der Waals surface area (Å²) in [6, 6.07) is 0.653. The SMILES string of the molecule is C[C@@H](CC(=O)c1ncnc(N2CCOCC2)c1Cl)c1ncc(C(=O)Nc2cc(C(F)(F)F)c(Cl)cn2)s1. The lowest BCUT2D eigenvalue weighted by molar-refractivity contribution is -0.137. The van der Waals surface area contributed by atoms with E-state index in [0.717, 1.165) is 17.5 Å². The zero-order valence-electron chi connectivity index (χ0n) is 19.2. The van der Waals surface area contributed by atoms with Crippen LogP contribution in [0.2, 0.25) is 10.0 Å². The number of morpholine rings is 1. The van der Waals surface area contributed by atoms with E-state index in [0.29, 0.717) is 43.2 Å². The molecule has 3 aromatic heterocycles. The molecule has 1 atom stereocenters. The van der Waals surface area contributed by atoms with Gasteiger partial charge in [-0.25, -0.2) is 19.9 Å². The fourth-order valence-corrected chi connectivity index (χ4v) is 4.93. The molecule has 1 amide bonds. The number of nitrogens with zero attached hydrogens (tertiary/aromatic N) is 5. The van der Waals surface area contributed by atoms with Crippen molar-refractivity contribution in [3.63, 3.8) is 0 Å². The van der Waals surface area contributed by atoms with Gasteiger partial charge in [-0.3, -0.25) is 9.59 Å². The number of hydrogen-bond acceptors (Lipinski definition) is 9. The summed E-state index contributed by atoms with van der Waals surface area (Å²) in [5.41, 5.74) is -1.02. The van der Waals surface area contributed by atoms with Gasteiger partial charge in [-0.05, 0) is 6.07 Å². The third kappa shape index (κ3) is 6.35. The van der Waals surface area contributed by atoms with Crippen LogP contribution in [0.5, 0.6) is 0 Å². The number of alkyl halides is 3. The smallest absolute Gasteiger partial charge is 0.378 e. The first kappa shape index (κ1) is 27.2. The molecule has 1 aliphatic rings. The van der Waals surface area contributed by atoms with Gasteiger partial charge in [-0.1, -0.05) is 30.1 Å². The van der Waals surface area contributed by atoms with Crippen LogP contribution in [-0.2, 0) is 10.9 Å². The van der Waals surface area contributed by atoms with Gasteiger partial charge in [-0.15, -0.1) is 11.3 Å². The molecule has 196 valence electrons. The number of pyridine rings is 1. The summed E-state index contributed by atoms with van der Waals surface area (Å²) in [5, 5.41) is 2.37. The Bertz CT molecular complexity index is 1320. The van der Waals surface area contributed by atoms with Crippen molar-refractivity contribution in [2.75, 3.05) is 36.5 Å². The number of Topliss-reactive ketones (excluding diaryl/α,β-unsaturated/α-hetero) is 1. The molecular formula is C22H19Cl2F3N6O3S. The van der Waals surface area contributed by atoms with Gasteiger partial charge >= 0.3 is 6.18 Å². The van der Waals surface area contributed by atoms with Gasteiger partial charge in [0.25, 0.3) is 5.91 Å². The summed E-state index contributed by atoms with van der Waals surface area (Å²) in [4.78, 5) is 43.8. The molecule has 0 radical (unpaired) electrons. The van der Waals surface area contributed by atoms with Crippen LogP contribution in [0.1, 0.15) is 50.0 Å². The molecule has 0 saturated carbocycles. The number of rotatable bonds is 7. The maximum Gasteiger partial charge on any atom is 0.418 e. The molecule has 3 aromatic rings. The number of hydrogen-bond donors (Lipinski definition) is 1. The van der Waals surface area contributed by atoms with Crippen molar-refractivity contribution in [1.29, 1.82) is 0 Å². The number of carbonyl (C=O) groups excluding carboxylic acids is 2. The van der Waals surface area contributed by atoms with Crippen molar-refractivity contribution in [3.8, 4) is 0 Å². The number of thiazole rings is 1. The molecule has 9 nitrogen and oxygen atoms in total. The summed E-state index contributed by atoms with van der Waals surface area (Å²) in [6.45, 7) is 3.99. The van der Waals surface area contributed by atoms with Crippen molar-refractivity contribution in [3.05, 3.63) is 56.0 Å². The van der Waals surface area contributed by atoms with Crippen molar-refractivity contribution in [1.82, 2.24) is 19.9 Å². The van der Waals surface area contributed by atoms with Crippen LogP contribution >= 0.6 is 34.5 Å². The van der Waals surface area contributed by atoms with Gasteiger partial charge in [0.2, 0.25) is 0 Å². The summed E-state index contributed by atoms with van der Waals surface area (Å²) < 4.78 is 44.5. The monoisotopic (exact) mass is 574 g/mol. The second-order valence-electron chi connectivity index (χ2n) is 8.05. The van der Waals surface area contributed by atoms with Crippen LogP contribution < -0.4 is 10.2 Å². The lowest BCUT2D eigenvalue weighted by atomic mass is 10.0. The molecule has 1 fully saturated rings. The fraction of sp³-hybridized carbons (Fsp3) is 0.364. The van der Waals surface area contributed by atoms with Crippen LogP contribution in [0.25, 0.3) is 0 Å². The first-order valence-electron chi connectivity index (χ1n) is 10.9. The van der Waals surface area contributed by atoms with Crippen LogP contribution in [0.15, 0.2) is 24.8 Å². The molecule has 0 aromatic carbocycles. The van der Waals surface area contributed by atoms with E-state index >= 15 is 0 Å². The van der Waals surface area contributed by atoms with Gasteiger partial charge < -0.3 is 15.0 Å². The predicted molar refractivity (Wildman–Crippen MR) is 132 cm³/mol. The van der Waals surface area contributed by atoms with E-state index in [2.05, 4.69) is 25.3 Å². The van der Waals surface area contributed by atoms with E-state index in [1.165, 1.54) is 12.5 Å². The Kier molecular flexibility index (Phi) is 8.26. The highest BCUT2D eigenvalue weighted by molar-refractivity contribution is 7.13. The highest BCUT2D eigenvalue weighted by atomic mass is 35.5. The molecule has 1 N–H and O–H groups in total. The number of anilines is 2. The zero-order chi connectivity index (χ0) is 26.7. The third-order valence-corrected chi connectivity index (χ3v) is 7.29. The summed E-state index contributed by atoms with van der Waals surface area (Å²) in [5.74, 6) is -1.25. The van der Waals surface area contributed by atoms with E-state index in [1.807, 2.05) is 4.90 Å². The largest absolute Gasteiger partial charge is 0.418 e. The molecule has 0 aliphatic carbocycles. The van der Waals surface area contributed by atoms with E-state index in [4.69, 9.17) is 27.9 Å². The van der Waals surface area contributed by atoms with E-state index < -0.39 is 22.7 Å². The number of aromatic nitrogens is 4. The summed E-state index contributed by atoms with van der Waals surface area (Å²) in [7, 11) is 0. The van der Waals surface area contributed by atoms with Gasteiger partial charge in [0.05, 0.1) is 35.0 Å². The summed E-state index contributed by atoms with van der Waals surface area (Å²) in [6.07, 6.45) is -1.30. The Morgan fingerprint density at radius 3 is 2.59 bits per heavy atom. The highest BCUT2D eigenvalue weighted by Crippen LogP contribution is 2.35. The average Bonchev–Trinajstić information content (AvgIpc) is 3.36. The standard InChI is InChI=1S/C22H19Cl2F3N6O3S/c1-11(6-14(34)18-17(24)19(31-10-30-18)33-2-4-36-5-3-33)21-29-9-15(37-21)20(35)32-16-7-12(22(25,26)27)13(23)8-28-16/h7-11H,2-6H2,1H3,(H,28,32,35)/t11-/m0/s1. The Morgan fingerprint density at radius 2 is 1.89 bits per heavy atom. The van der Waals surface area contributed by atoms with Gasteiger partial charge in [0, 0.05) is 31.6 Å². The quantitative estimate of drug-likeness (QED) is 0.387. The van der Waals surface area contributed by atoms with Gasteiger partial charge in [0.1, 0.15) is 27.7 Å². The number of amides is 1. The molecule has 4 rings (SSSR count). The third-order valence-electron chi connectivity index (χ3n) is 5.41. The van der Waals surface area contributed by atoms with E-state index in [9.17, 15) is 22.8 Å². The van der Waals surface area contributed by atoms with E-state index in [-0.39, 0.29) is 39.5 Å². The van der Waals surface area contributed by atoms with Gasteiger partial charge in [-0.2, -0.15) is 13.2 Å². The van der Waals surface area contributed by atoms with Gasteiger partial charge in [0.15, 0.2) is 11.6 Å². The Labute approximate surface area is 223 Å². The second kappa shape index (κ2) is 11.3. The molecule has 37 heavy (non-hydrogen) atoms. The number of ketones is 1. The maximum atomic E-state index is 13.1. The molecule has 0 unspecified atom stereocenters. The molecule has 0 bridgehead atoms. The average molecular weight is 575 g/mol. The number of halogens is 5. The Morgan fingerprint density at radius 1 is 1.16 bits per heavy atom. The number of ether oxygens (including phenoxy) is 1. The number of carbonyl (C=O) groups is 2. The predicted octanol–water partition coefficient (Wildman–Crippen LogP) is 5.12. The topological polar surface area (TPSA) is 110 Å². The molecule has 1 aliphatic heterocycles. The first-order chi connectivity index (χ1) is 17.5. The Hall–Kier alpha value is -2.87. The lowest BCUT2D eigenvalue weighted by Crippen LogP contribution is -2.37. The minimum Gasteiger partial charge on any atom is -0.378 e. The van der Waals surface area contributed by atoms with Crippen molar-refractivity contribution >= 4 is 57.9 Å². The zero-order valence-corrected chi connectivity index (χ0v) is 21.5. The van der Waals surface area contributed by atoms with Crippen LogP contribution in [0.4, 0.5) is 24.8 Å². The lowest BCUT2D eigenvalue weighted by Gasteiger charge is -2.28. The summed E-state index contributed by atoms with van der Waals surface area (Å²) >= 11 is 13.0. The maximum absolute atomic E-state index is 13.1. The minimum absolute atomic E-state index is 0.0154. The molecule has 4 heterocycles. The van der Waals surface area contributed by atoms with Crippen LogP contribution in [-0.4, -0.2) is 57.9 Å². The Balaban J connectivity index is 1.43. The molecular weight excluding hydrogens is 556 g/mol. The highest BCUT2D eigenvalue weighted by Gasteiger charge is 2.34. The van der Waals surface area contributed by atoms with E-state index in [1.54, 1.807) is 6.92 Å². The van der Waals surface area contributed by atoms with Crippen molar-refractivity contribution in [2.24, 2.45) is 0 Å². The molecule has 15 heteroatoms. The fourth-order valence-electron chi connectivity index (χ4n) is 3.54.